The number of anilines is 1. The van der Waals surface area contributed by atoms with Crippen LogP contribution in [0.3, 0.4) is 0 Å². The Kier molecular flexibility index (Phi) is 3.08. The van der Waals surface area contributed by atoms with Gasteiger partial charge in [-0.1, -0.05) is 0 Å². The van der Waals surface area contributed by atoms with Gasteiger partial charge in [-0.3, -0.25) is 0 Å². The van der Waals surface area contributed by atoms with Gasteiger partial charge in [0.15, 0.2) is 11.6 Å². The van der Waals surface area contributed by atoms with Crippen LogP contribution in [0.2, 0.25) is 0 Å². The molecule has 0 fully saturated rings. The first-order valence-electron chi connectivity index (χ1n) is 5.02. The van der Waals surface area contributed by atoms with E-state index >= 15 is 0 Å². The third kappa shape index (κ3) is 2.43. The summed E-state index contributed by atoms with van der Waals surface area (Å²) in [6.07, 6.45) is 1.47. The molecule has 1 atom stereocenters. The quantitative estimate of drug-likeness (QED) is 0.825. The lowest BCUT2D eigenvalue weighted by Crippen LogP contribution is -2.08. The van der Waals surface area contributed by atoms with Gasteiger partial charge in [-0.25, -0.2) is 13.2 Å². The normalized spacial score (nSPS) is 12.5. The molecule has 0 spiro atoms. The zero-order valence-corrected chi connectivity index (χ0v) is 9.01. The van der Waals surface area contributed by atoms with Crippen LogP contribution in [-0.2, 0) is 0 Å². The molecular formula is C12H10F3NO. The Morgan fingerprint density at radius 1 is 1.24 bits per heavy atom. The van der Waals surface area contributed by atoms with Crippen LogP contribution in [0.25, 0.3) is 0 Å². The van der Waals surface area contributed by atoms with Crippen molar-refractivity contribution in [3.63, 3.8) is 0 Å². The molecule has 1 N–H and O–H groups in total. The van der Waals surface area contributed by atoms with E-state index in [1.54, 1.807) is 19.1 Å². The van der Waals surface area contributed by atoms with Crippen molar-refractivity contribution in [2.75, 3.05) is 5.32 Å². The first kappa shape index (κ1) is 11.6. The maximum atomic E-state index is 13.3. The number of nitrogens with one attached hydrogen (secondary N) is 1. The zero-order chi connectivity index (χ0) is 12.4. The summed E-state index contributed by atoms with van der Waals surface area (Å²) >= 11 is 0. The smallest absolute Gasteiger partial charge is 0.182 e. The topological polar surface area (TPSA) is 25.2 Å². The lowest BCUT2D eigenvalue weighted by Gasteiger charge is -2.13. The lowest BCUT2D eigenvalue weighted by atomic mass is 10.2. The summed E-state index contributed by atoms with van der Waals surface area (Å²) < 4.78 is 44.3. The molecule has 0 aliphatic heterocycles. The molecule has 0 aliphatic rings. The number of halogens is 3. The fourth-order valence-corrected chi connectivity index (χ4v) is 1.50. The Labute approximate surface area is 96.1 Å². The van der Waals surface area contributed by atoms with E-state index in [-0.39, 0.29) is 11.7 Å². The van der Waals surface area contributed by atoms with Crippen molar-refractivity contribution in [1.82, 2.24) is 0 Å². The summed E-state index contributed by atoms with van der Waals surface area (Å²) in [5.74, 6) is -2.61. The van der Waals surface area contributed by atoms with E-state index in [2.05, 4.69) is 5.32 Å². The van der Waals surface area contributed by atoms with Crippen LogP contribution in [0.15, 0.2) is 34.9 Å². The summed E-state index contributed by atoms with van der Waals surface area (Å²) in [5, 5.41) is 2.65. The maximum absolute atomic E-state index is 13.3. The van der Waals surface area contributed by atoms with Gasteiger partial charge in [0.1, 0.15) is 11.6 Å². The molecule has 0 aliphatic carbocycles. The maximum Gasteiger partial charge on any atom is 0.182 e. The summed E-state index contributed by atoms with van der Waals surface area (Å²) in [4.78, 5) is 0. The molecule has 1 unspecified atom stereocenters. The van der Waals surface area contributed by atoms with Crippen LogP contribution in [-0.4, -0.2) is 0 Å². The van der Waals surface area contributed by atoms with Gasteiger partial charge in [-0.15, -0.1) is 0 Å². The highest BCUT2D eigenvalue weighted by molar-refractivity contribution is 5.46. The van der Waals surface area contributed by atoms with E-state index in [0.29, 0.717) is 11.8 Å². The second-order valence-corrected chi connectivity index (χ2v) is 3.63. The number of furan rings is 1. The van der Waals surface area contributed by atoms with E-state index in [4.69, 9.17) is 4.42 Å². The number of benzene rings is 1. The fraction of sp³-hybridized carbons (Fsp3) is 0.167. The molecule has 0 bridgehead atoms. The predicted octanol–water partition coefficient (Wildman–Crippen LogP) is 3.87. The first-order chi connectivity index (χ1) is 8.08. The van der Waals surface area contributed by atoms with Crippen molar-refractivity contribution in [1.29, 1.82) is 0 Å². The summed E-state index contributed by atoms with van der Waals surface area (Å²) in [7, 11) is 0. The third-order valence-electron chi connectivity index (χ3n) is 2.33. The highest BCUT2D eigenvalue weighted by Gasteiger charge is 2.15. The Bertz CT molecular complexity index is 511. The second-order valence-electron chi connectivity index (χ2n) is 3.63. The van der Waals surface area contributed by atoms with Gasteiger partial charge in [0.2, 0.25) is 0 Å². The molecule has 0 amide bonds. The van der Waals surface area contributed by atoms with Crippen LogP contribution in [0, 0.1) is 17.5 Å². The molecule has 90 valence electrons. The van der Waals surface area contributed by atoms with Gasteiger partial charge in [0.25, 0.3) is 0 Å². The van der Waals surface area contributed by atoms with Crippen molar-refractivity contribution < 1.29 is 17.6 Å². The summed E-state index contributed by atoms with van der Waals surface area (Å²) in [5.41, 5.74) is -0.230. The molecule has 0 saturated heterocycles. The molecule has 17 heavy (non-hydrogen) atoms. The van der Waals surface area contributed by atoms with Crippen molar-refractivity contribution in [3.8, 4) is 0 Å². The largest absolute Gasteiger partial charge is 0.467 e. The second kappa shape index (κ2) is 4.53. The molecule has 0 radical (unpaired) electrons. The molecule has 2 rings (SSSR count). The average Bonchev–Trinajstić information content (AvgIpc) is 2.78. The lowest BCUT2D eigenvalue weighted by molar-refractivity contribution is 0.481. The first-order valence-corrected chi connectivity index (χ1v) is 5.02. The number of hydrogen-bond acceptors (Lipinski definition) is 2. The van der Waals surface area contributed by atoms with Crippen LogP contribution in [0.5, 0.6) is 0 Å². The molecule has 1 aromatic heterocycles. The van der Waals surface area contributed by atoms with Gasteiger partial charge >= 0.3 is 0 Å². The van der Waals surface area contributed by atoms with Crippen LogP contribution in [0.1, 0.15) is 18.7 Å². The van der Waals surface area contributed by atoms with Gasteiger partial charge < -0.3 is 9.73 Å². The zero-order valence-electron chi connectivity index (χ0n) is 9.01. The molecule has 2 aromatic rings. The summed E-state index contributed by atoms with van der Waals surface area (Å²) in [6, 6.07) is 4.37. The minimum atomic E-state index is -1.22. The van der Waals surface area contributed by atoms with Gasteiger partial charge in [-0.05, 0) is 19.1 Å². The van der Waals surface area contributed by atoms with Gasteiger partial charge in [-0.2, -0.15) is 0 Å². The monoisotopic (exact) mass is 241 g/mol. The van der Waals surface area contributed by atoms with Crippen molar-refractivity contribution in [3.05, 3.63) is 53.7 Å². The van der Waals surface area contributed by atoms with E-state index in [1.807, 2.05) is 0 Å². The van der Waals surface area contributed by atoms with Crippen LogP contribution in [0.4, 0.5) is 18.9 Å². The van der Waals surface area contributed by atoms with Crippen molar-refractivity contribution in [2.24, 2.45) is 0 Å². The van der Waals surface area contributed by atoms with E-state index in [0.717, 1.165) is 6.07 Å². The fourth-order valence-electron chi connectivity index (χ4n) is 1.50. The molecular weight excluding hydrogens is 231 g/mol. The summed E-state index contributed by atoms with van der Waals surface area (Å²) in [6.45, 7) is 1.70. The Morgan fingerprint density at radius 3 is 2.65 bits per heavy atom. The SMILES string of the molecule is CC(Nc1cc(F)cc(F)c1F)c1ccco1. The van der Waals surface area contributed by atoms with Crippen molar-refractivity contribution >= 4 is 5.69 Å². The van der Waals surface area contributed by atoms with Crippen LogP contribution >= 0.6 is 0 Å². The highest BCUT2D eigenvalue weighted by Crippen LogP contribution is 2.24. The third-order valence-corrected chi connectivity index (χ3v) is 2.33. The Balaban J connectivity index is 2.24. The average molecular weight is 241 g/mol. The minimum absolute atomic E-state index is 0.230. The Hall–Kier alpha value is -1.91. The van der Waals surface area contributed by atoms with E-state index in [9.17, 15) is 13.2 Å². The minimum Gasteiger partial charge on any atom is -0.467 e. The molecule has 2 nitrogen and oxygen atoms in total. The van der Waals surface area contributed by atoms with Gasteiger partial charge in [0.05, 0.1) is 18.0 Å². The van der Waals surface area contributed by atoms with Crippen molar-refractivity contribution in [2.45, 2.75) is 13.0 Å². The number of hydrogen-bond donors (Lipinski definition) is 1. The standard InChI is InChI=1S/C12H10F3NO/c1-7(11-3-2-4-17-11)16-10-6-8(13)5-9(14)12(10)15/h2-7,16H,1H3. The van der Waals surface area contributed by atoms with E-state index < -0.39 is 17.5 Å². The molecule has 1 heterocycles. The molecule has 5 heteroatoms. The van der Waals surface area contributed by atoms with E-state index in [1.165, 1.54) is 6.26 Å². The van der Waals surface area contributed by atoms with Gasteiger partial charge in [0, 0.05) is 12.1 Å². The molecule has 1 aromatic carbocycles. The van der Waals surface area contributed by atoms with Crippen LogP contribution < -0.4 is 5.32 Å². The number of rotatable bonds is 3. The Morgan fingerprint density at radius 2 is 2.00 bits per heavy atom. The highest BCUT2D eigenvalue weighted by atomic mass is 19.2. The predicted molar refractivity (Wildman–Crippen MR) is 57.1 cm³/mol. The molecule has 0 saturated carbocycles.